The molecule has 0 saturated carbocycles. The standard InChI is InChI=1S/C19H23N3O/c1-21(18-12-13-20-14-18)19(23)15-22(16-8-4-2-5-9-16)17-10-6-3-7-11-17/h2-11,18,20H,12-15H2,1H3/t18-/m1/s1. The van der Waals surface area contributed by atoms with Gasteiger partial charge < -0.3 is 15.1 Å². The molecule has 4 heteroatoms. The second-order valence-electron chi connectivity index (χ2n) is 5.91. The van der Waals surface area contributed by atoms with Crippen molar-refractivity contribution in [1.82, 2.24) is 10.2 Å². The predicted octanol–water partition coefficient (Wildman–Crippen LogP) is 2.65. The zero-order valence-corrected chi connectivity index (χ0v) is 13.5. The van der Waals surface area contributed by atoms with Gasteiger partial charge in [0.15, 0.2) is 0 Å². The van der Waals surface area contributed by atoms with Crippen LogP contribution in [0.1, 0.15) is 6.42 Å². The molecular weight excluding hydrogens is 286 g/mol. The van der Waals surface area contributed by atoms with E-state index in [1.165, 1.54) is 0 Å². The molecule has 3 rings (SSSR count). The summed E-state index contributed by atoms with van der Waals surface area (Å²) in [6.45, 7) is 2.23. The number of benzene rings is 2. The van der Waals surface area contributed by atoms with Crippen molar-refractivity contribution in [2.24, 2.45) is 0 Å². The van der Waals surface area contributed by atoms with Crippen molar-refractivity contribution in [3.63, 3.8) is 0 Å². The van der Waals surface area contributed by atoms with Crippen molar-refractivity contribution in [2.45, 2.75) is 12.5 Å². The molecule has 23 heavy (non-hydrogen) atoms. The highest BCUT2D eigenvalue weighted by Gasteiger charge is 2.25. The van der Waals surface area contributed by atoms with Gasteiger partial charge >= 0.3 is 0 Å². The molecule has 4 nitrogen and oxygen atoms in total. The topological polar surface area (TPSA) is 35.6 Å². The van der Waals surface area contributed by atoms with Crippen LogP contribution in [0.5, 0.6) is 0 Å². The summed E-state index contributed by atoms with van der Waals surface area (Å²) in [5, 5.41) is 3.32. The maximum atomic E-state index is 12.7. The Morgan fingerprint density at radius 2 is 1.61 bits per heavy atom. The van der Waals surface area contributed by atoms with Crippen LogP contribution in [0, 0.1) is 0 Å². The van der Waals surface area contributed by atoms with Gasteiger partial charge in [-0.2, -0.15) is 0 Å². The molecule has 0 spiro atoms. The average Bonchev–Trinajstić information content (AvgIpc) is 3.15. The fraction of sp³-hybridized carbons (Fsp3) is 0.316. The van der Waals surface area contributed by atoms with E-state index in [-0.39, 0.29) is 5.91 Å². The minimum Gasteiger partial charge on any atom is -0.340 e. The van der Waals surface area contributed by atoms with Gasteiger partial charge in [0.1, 0.15) is 6.54 Å². The van der Waals surface area contributed by atoms with Crippen LogP contribution in [0.4, 0.5) is 11.4 Å². The van der Waals surface area contributed by atoms with Crippen LogP contribution in [0.2, 0.25) is 0 Å². The van der Waals surface area contributed by atoms with E-state index in [4.69, 9.17) is 0 Å². The number of nitrogens with zero attached hydrogens (tertiary/aromatic N) is 2. The molecule has 1 fully saturated rings. The fourth-order valence-electron chi connectivity index (χ4n) is 2.97. The van der Waals surface area contributed by atoms with Crippen molar-refractivity contribution in [3.8, 4) is 0 Å². The highest BCUT2D eigenvalue weighted by atomic mass is 16.2. The first kappa shape index (κ1) is 15.6. The molecule has 0 aliphatic carbocycles. The van der Waals surface area contributed by atoms with Gasteiger partial charge in [0, 0.05) is 31.0 Å². The van der Waals surface area contributed by atoms with Gasteiger partial charge in [-0.1, -0.05) is 36.4 Å². The number of anilines is 2. The van der Waals surface area contributed by atoms with Gasteiger partial charge in [0.25, 0.3) is 0 Å². The Morgan fingerprint density at radius 3 is 2.09 bits per heavy atom. The lowest BCUT2D eigenvalue weighted by Crippen LogP contribution is -2.43. The molecule has 1 heterocycles. The lowest BCUT2D eigenvalue weighted by molar-refractivity contribution is -0.130. The van der Waals surface area contributed by atoms with Crippen LogP contribution in [-0.4, -0.2) is 43.5 Å². The second-order valence-corrected chi connectivity index (χ2v) is 5.91. The summed E-state index contributed by atoms with van der Waals surface area (Å²) >= 11 is 0. The van der Waals surface area contributed by atoms with Crippen LogP contribution < -0.4 is 10.2 Å². The summed E-state index contributed by atoms with van der Waals surface area (Å²) in [5.41, 5.74) is 2.06. The molecule has 1 atom stereocenters. The summed E-state index contributed by atoms with van der Waals surface area (Å²) in [4.78, 5) is 16.7. The number of hydrogen-bond donors (Lipinski definition) is 1. The number of carbonyl (C=O) groups excluding carboxylic acids is 1. The third-order valence-corrected chi connectivity index (χ3v) is 4.40. The van der Waals surface area contributed by atoms with Crippen molar-refractivity contribution in [1.29, 1.82) is 0 Å². The molecule has 1 saturated heterocycles. The van der Waals surface area contributed by atoms with Crippen LogP contribution in [-0.2, 0) is 4.79 Å². The lowest BCUT2D eigenvalue weighted by Gasteiger charge is -2.29. The van der Waals surface area contributed by atoms with Crippen molar-refractivity contribution >= 4 is 17.3 Å². The first-order chi connectivity index (χ1) is 11.3. The number of rotatable bonds is 5. The maximum absolute atomic E-state index is 12.7. The zero-order valence-electron chi connectivity index (χ0n) is 13.5. The van der Waals surface area contributed by atoms with Crippen LogP contribution >= 0.6 is 0 Å². The number of likely N-dealkylation sites (N-methyl/N-ethyl adjacent to an activating group) is 1. The minimum atomic E-state index is 0.145. The molecule has 1 aliphatic rings. The third kappa shape index (κ3) is 3.71. The summed E-state index contributed by atoms with van der Waals surface area (Å²) in [6, 6.07) is 20.4. The van der Waals surface area contributed by atoms with Crippen LogP contribution in [0.25, 0.3) is 0 Å². The zero-order chi connectivity index (χ0) is 16.1. The molecule has 1 aliphatic heterocycles. The average molecular weight is 309 g/mol. The number of nitrogens with one attached hydrogen (secondary N) is 1. The van der Waals surface area contributed by atoms with Crippen molar-refractivity contribution in [2.75, 3.05) is 31.6 Å². The van der Waals surface area contributed by atoms with E-state index in [1.807, 2.05) is 72.6 Å². The van der Waals surface area contributed by atoms with Crippen LogP contribution in [0.3, 0.4) is 0 Å². The van der Waals surface area contributed by atoms with E-state index >= 15 is 0 Å². The molecule has 0 bridgehead atoms. The van der Waals surface area contributed by atoms with Crippen molar-refractivity contribution < 1.29 is 4.79 Å². The quantitative estimate of drug-likeness (QED) is 0.922. The van der Waals surface area contributed by atoms with E-state index in [0.717, 1.165) is 30.9 Å². The number of para-hydroxylation sites is 2. The van der Waals surface area contributed by atoms with E-state index in [2.05, 4.69) is 10.2 Å². The monoisotopic (exact) mass is 309 g/mol. The maximum Gasteiger partial charge on any atom is 0.242 e. The number of hydrogen-bond acceptors (Lipinski definition) is 3. The van der Waals surface area contributed by atoms with Gasteiger partial charge in [-0.15, -0.1) is 0 Å². The van der Waals surface area contributed by atoms with E-state index < -0.39 is 0 Å². The van der Waals surface area contributed by atoms with Crippen LogP contribution in [0.15, 0.2) is 60.7 Å². The fourth-order valence-corrected chi connectivity index (χ4v) is 2.97. The van der Waals surface area contributed by atoms with E-state index in [1.54, 1.807) is 0 Å². The molecule has 2 aromatic carbocycles. The van der Waals surface area contributed by atoms with E-state index in [0.29, 0.717) is 12.6 Å². The third-order valence-electron chi connectivity index (χ3n) is 4.40. The molecule has 0 unspecified atom stereocenters. The summed E-state index contributed by atoms with van der Waals surface area (Å²) in [6.07, 6.45) is 1.03. The predicted molar refractivity (Wildman–Crippen MR) is 93.9 cm³/mol. The smallest absolute Gasteiger partial charge is 0.242 e. The van der Waals surface area contributed by atoms with E-state index in [9.17, 15) is 4.79 Å². The first-order valence-electron chi connectivity index (χ1n) is 8.10. The molecular formula is C19H23N3O. The molecule has 120 valence electrons. The molecule has 0 radical (unpaired) electrons. The second kappa shape index (κ2) is 7.29. The first-order valence-corrected chi connectivity index (χ1v) is 8.10. The minimum absolute atomic E-state index is 0.145. The summed E-state index contributed by atoms with van der Waals surface area (Å²) in [7, 11) is 1.91. The normalized spacial score (nSPS) is 17.0. The highest BCUT2D eigenvalue weighted by molar-refractivity contribution is 5.84. The largest absolute Gasteiger partial charge is 0.340 e. The number of amides is 1. The van der Waals surface area contributed by atoms with Gasteiger partial charge in [0.05, 0.1) is 0 Å². The van der Waals surface area contributed by atoms with Gasteiger partial charge in [-0.25, -0.2) is 0 Å². The molecule has 2 aromatic rings. The lowest BCUT2D eigenvalue weighted by atomic mass is 10.2. The van der Waals surface area contributed by atoms with Crippen molar-refractivity contribution in [3.05, 3.63) is 60.7 Å². The Labute approximate surface area is 137 Å². The van der Waals surface area contributed by atoms with Gasteiger partial charge in [0.2, 0.25) is 5.91 Å². The molecule has 1 amide bonds. The molecule has 1 N–H and O–H groups in total. The Morgan fingerprint density at radius 1 is 1.04 bits per heavy atom. The summed E-state index contributed by atoms with van der Waals surface area (Å²) < 4.78 is 0. The summed E-state index contributed by atoms with van der Waals surface area (Å²) in [5.74, 6) is 0.145. The van der Waals surface area contributed by atoms with Gasteiger partial charge in [-0.05, 0) is 37.2 Å². The Hall–Kier alpha value is -2.33. The highest BCUT2D eigenvalue weighted by Crippen LogP contribution is 2.25. The SMILES string of the molecule is CN(C(=O)CN(c1ccccc1)c1ccccc1)[C@@H]1CCNC1. The Bertz CT molecular complexity index is 584. The number of carbonyl (C=O) groups is 1. The Balaban J connectivity index is 1.80. The van der Waals surface area contributed by atoms with Gasteiger partial charge in [-0.3, -0.25) is 4.79 Å². The molecule has 0 aromatic heterocycles. The Kier molecular flexibility index (Phi) is 4.93.